The van der Waals surface area contributed by atoms with E-state index < -0.39 is 37.3 Å². The van der Waals surface area contributed by atoms with Crippen LogP contribution in [0.4, 0.5) is 0 Å². The van der Waals surface area contributed by atoms with E-state index in [0.717, 1.165) is 10.4 Å². The van der Waals surface area contributed by atoms with Crippen LogP contribution in [0.2, 0.25) is 0 Å². The first-order valence-electron chi connectivity index (χ1n) is 7.54. The van der Waals surface area contributed by atoms with Crippen LogP contribution in [0.5, 0.6) is 0 Å². The van der Waals surface area contributed by atoms with Crippen molar-refractivity contribution in [1.82, 2.24) is 19.7 Å². The SMILES string of the molecule is CO[C@@H]1[C@@H](O)[C@H](n2ncc3c(SC)nc(SC)nc32)O[C@@H]1[C@H](O)CO. The third-order valence-electron chi connectivity index (χ3n) is 4.10. The highest BCUT2D eigenvalue weighted by Crippen LogP contribution is 2.35. The lowest BCUT2D eigenvalue weighted by Gasteiger charge is -2.21. The van der Waals surface area contributed by atoms with Crippen LogP contribution in [0.25, 0.3) is 11.0 Å². The molecule has 0 spiro atoms. The maximum Gasteiger partial charge on any atom is 0.190 e. The van der Waals surface area contributed by atoms with Crippen LogP contribution in [0, 0.1) is 0 Å². The van der Waals surface area contributed by atoms with Gasteiger partial charge in [-0.25, -0.2) is 14.6 Å². The van der Waals surface area contributed by atoms with E-state index in [0.29, 0.717) is 10.8 Å². The molecule has 3 heterocycles. The number of hydrogen-bond donors (Lipinski definition) is 3. The van der Waals surface area contributed by atoms with E-state index >= 15 is 0 Å². The summed E-state index contributed by atoms with van der Waals surface area (Å²) in [6.07, 6.45) is 0.589. The van der Waals surface area contributed by atoms with Crippen molar-refractivity contribution >= 4 is 34.6 Å². The zero-order valence-electron chi connectivity index (χ0n) is 13.9. The van der Waals surface area contributed by atoms with Gasteiger partial charge in [-0.1, -0.05) is 11.8 Å². The van der Waals surface area contributed by atoms with E-state index in [-0.39, 0.29) is 0 Å². The van der Waals surface area contributed by atoms with E-state index in [1.807, 2.05) is 12.5 Å². The molecule has 0 saturated carbocycles. The Morgan fingerprint density at radius 1 is 1.36 bits per heavy atom. The predicted molar refractivity (Wildman–Crippen MR) is 92.7 cm³/mol. The number of aliphatic hydroxyl groups excluding tert-OH is 3. The van der Waals surface area contributed by atoms with Crippen molar-refractivity contribution in [2.75, 3.05) is 26.2 Å². The molecule has 1 aliphatic rings. The van der Waals surface area contributed by atoms with Crippen LogP contribution in [-0.2, 0) is 9.47 Å². The van der Waals surface area contributed by atoms with Crippen LogP contribution in [0.15, 0.2) is 16.4 Å². The van der Waals surface area contributed by atoms with Crippen LogP contribution >= 0.6 is 23.5 Å². The molecule has 9 nitrogen and oxygen atoms in total. The molecule has 3 rings (SSSR count). The maximum atomic E-state index is 10.6. The highest BCUT2D eigenvalue weighted by atomic mass is 32.2. The second-order valence-corrected chi connectivity index (χ2v) is 7.05. The summed E-state index contributed by atoms with van der Waals surface area (Å²) in [5.74, 6) is 0. The monoisotopic (exact) mass is 388 g/mol. The predicted octanol–water partition coefficient (Wildman–Crippen LogP) is -0.103. The average Bonchev–Trinajstić information content (AvgIpc) is 3.20. The molecule has 1 fully saturated rings. The van der Waals surface area contributed by atoms with Crippen molar-refractivity contribution in [3.63, 3.8) is 0 Å². The quantitative estimate of drug-likeness (QED) is 0.351. The summed E-state index contributed by atoms with van der Waals surface area (Å²) in [5.41, 5.74) is 0.529. The topological polar surface area (TPSA) is 123 Å². The fourth-order valence-corrected chi connectivity index (χ4v) is 3.84. The van der Waals surface area contributed by atoms with Gasteiger partial charge in [-0.05, 0) is 12.5 Å². The number of aliphatic hydroxyl groups is 3. The maximum absolute atomic E-state index is 10.6. The van der Waals surface area contributed by atoms with Crippen LogP contribution in [0.1, 0.15) is 6.23 Å². The third-order valence-corrected chi connectivity index (χ3v) is 5.35. The number of thioether (sulfide) groups is 2. The van der Waals surface area contributed by atoms with Gasteiger partial charge in [-0.15, -0.1) is 11.8 Å². The zero-order valence-corrected chi connectivity index (χ0v) is 15.6. The summed E-state index contributed by atoms with van der Waals surface area (Å²) in [7, 11) is 1.41. The number of rotatable bonds is 6. The van der Waals surface area contributed by atoms with Crippen LogP contribution < -0.4 is 0 Å². The van der Waals surface area contributed by atoms with Crippen molar-refractivity contribution < 1.29 is 24.8 Å². The fraction of sp³-hybridized carbons (Fsp3) is 0.643. The summed E-state index contributed by atoms with van der Waals surface area (Å²) in [6.45, 7) is -0.501. The molecule has 5 atom stereocenters. The molecule has 1 aliphatic heterocycles. The van der Waals surface area contributed by atoms with Gasteiger partial charge < -0.3 is 24.8 Å². The molecule has 3 N–H and O–H groups in total. The Labute approximate surface area is 152 Å². The molecule has 25 heavy (non-hydrogen) atoms. The van der Waals surface area contributed by atoms with E-state index in [4.69, 9.17) is 9.47 Å². The van der Waals surface area contributed by atoms with Crippen molar-refractivity contribution in [3.8, 4) is 0 Å². The number of aromatic nitrogens is 4. The first-order valence-corrected chi connectivity index (χ1v) is 9.99. The Hall–Kier alpha value is -0.950. The molecule has 1 saturated heterocycles. The van der Waals surface area contributed by atoms with Crippen molar-refractivity contribution in [2.24, 2.45) is 0 Å². The molecule has 0 unspecified atom stereocenters. The lowest BCUT2D eigenvalue weighted by Crippen LogP contribution is -2.41. The number of fused-ring (bicyclic) bond motifs is 1. The third kappa shape index (κ3) is 3.25. The van der Waals surface area contributed by atoms with E-state index in [1.165, 1.54) is 35.3 Å². The number of ether oxygens (including phenoxy) is 2. The van der Waals surface area contributed by atoms with Crippen molar-refractivity contribution in [3.05, 3.63) is 6.20 Å². The molecule has 2 aromatic heterocycles. The Bertz CT molecular complexity index is 745. The molecule has 0 amide bonds. The Balaban J connectivity index is 2.04. The Morgan fingerprint density at radius 3 is 2.72 bits per heavy atom. The second-order valence-electron chi connectivity index (χ2n) is 5.48. The van der Waals surface area contributed by atoms with Crippen LogP contribution in [0.3, 0.4) is 0 Å². The van der Waals surface area contributed by atoms with Gasteiger partial charge in [0, 0.05) is 7.11 Å². The van der Waals surface area contributed by atoms with E-state index in [9.17, 15) is 15.3 Å². The largest absolute Gasteiger partial charge is 0.394 e. The van der Waals surface area contributed by atoms with Gasteiger partial charge in [-0.2, -0.15) is 5.10 Å². The zero-order chi connectivity index (χ0) is 18.1. The molecular formula is C14H20N4O5S2. The van der Waals surface area contributed by atoms with Gasteiger partial charge in [0.2, 0.25) is 0 Å². The van der Waals surface area contributed by atoms with Crippen molar-refractivity contribution in [1.29, 1.82) is 0 Å². The summed E-state index contributed by atoms with van der Waals surface area (Å²) in [4.78, 5) is 8.92. The van der Waals surface area contributed by atoms with Gasteiger partial charge >= 0.3 is 0 Å². The lowest BCUT2D eigenvalue weighted by atomic mass is 10.1. The summed E-state index contributed by atoms with van der Waals surface area (Å²) < 4.78 is 12.5. The summed E-state index contributed by atoms with van der Waals surface area (Å²) in [6, 6.07) is 0. The molecule has 2 aromatic rings. The minimum absolute atomic E-state index is 0.501. The van der Waals surface area contributed by atoms with Gasteiger partial charge in [0.25, 0.3) is 0 Å². The van der Waals surface area contributed by atoms with E-state index in [2.05, 4.69) is 15.1 Å². The fourth-order valence-electron chi connectivity index (χ4n) is 2.88. The smallest absolute Gasteiger partial charge is 0.190 e. The minimum Gasteiger partial charge on any atom is -0.394 e. The van der Waals surface area contributed by atoms with Gasteiger partial charge in [0.15, 0.2) is 17.0 Å². The first kappa shape index (κ1) is 18.8. The van der Waals surface area contributed by atoms with Gasteiger partial charge in [-0.3, -0.25) is 0 Å². The van der Waals surface area contributed by atoms with E-state index in [1.54, 1.807) is 6.20 Å². The Kier molecular flexibility index (Phi) is 5.83. The highest BCUT2D eigenvalue weighted by Gasteiger charge is 2.48. The van der Waals surface area contributed by atoms with Gasteiger partial charge in [0.1, 0.15) is 29.4 Å². The number of methoxy groups -OCH3 is 1. The minimum atomic E-state index is -1.18. The molecule has 0 aromatic carbocycles. The number of hydrogen-bond acceptors (Lipinski definition) is 10. The van der Waals surface area contributed by atoms with Crippen molar-refractivity contribution in [2.45, 2.75) is 40.8 Å². The molecule has 138 valence electrons. The average molecular weight is 388 g/mol. The normalized spacial score (nSPS) is 27.9. The summed E-state index contributed by atoms with van der Waals surface area (Å²) >= 11 is 2.88. The Morgan fingerprint density at radius 2 is 2.12 bits per heavy atom. The number of nitrogens with zero attached hydrogens (tertiary/aromatic N) is 4. The van der Waals surface area contributed by atoms with Crippen LogP contribution in [-0.4, -0.2) is 85.7 Å². The summed E-state index contributed by atoms with van der Waals surface area (Å²) in [5, 5.41) is 36.2. The molecule has 0 bridgehead atoms. The molecule has 0 aliphatic carbocycles. The van der Waals surface area contributed by atoms with Gasteiger partial charge in [0.05, 0.1) is 18.2 Å². The lowest BCUT2D eigenvalue weighted by molar-refractivity contribution is -0.103. The molecule has 11 heteroatoms. The highest BCUT2D eigenvalue weighted by molar-refractivity contribution is 7.99. The standard InChI is InChI=1S/C14H20N4O5S2/c1-22-10-8(21)13(23-9(10)7(20)5-19)18-11-6(4-15-18)12(24-2)17-14(16-11)25-3/h4,7-10,13,19-21H,5H2,1-3H3/t7-,8-,9-,10-,13-/m1/s1. The molecule has 0 radical (unpaired) electrons. The second kappa shape index (κ2) is 7.74. The molecular weight excluding hydrogens is 368 g/mol. The first-order chi connectivity index (χ1) is 12.0.